The average molecular weight is 379 g/mol. The van der Waals surface area contributed by atoms with E-state index in [1.165, 1.54) is 22.5 Å². The first-order valence-electron chi connectivity index (χ1n) is 7.59. The van der Waals surface area contributed by atoms with Crippen LogP contribution in [0.2, 0.25) is 5.02 Å². The van der Waals surface area contributed by atoms with Gasteiger partial charge >= 0.3 is 0 Å². The van der Waals surface area contributed by atoms with Crippen LogP contribution in [0.3, 0.4) is 0 Å². The van der Waals surface area contributed by atoms with E-state index in [0.717, 1.165) is 11.3 Å². The monoisotopic (exact) mass is 378 g/mol. The molecule has 0 radical (unpaired) electrons. The Morgan fingerprint density at radius 2 is 1.96 bits per heavy atom. The highest BCUT2D eigenvalue weighted by Crippen LogP contribution is 2.29. The minimum absolute atomic E-state index is 0.310. The number of hydrogen-bond donors (Lipinski definition) is 1. The highest BCUT2D eigenvalue weighted by molar-refractivity contribution is 7.98. The number of rotatable bonds is 6. The largest absolute Gasteiger partial charge is 0.494 e. The summed E-state index contributed by atoms with van der Waals surface area (Å²) < 4.78 is 20.6. The molecule has 2 N–H and O–H groups in total. The molecule has 3 aromatic rings. The molecule has 5 nitrogen and oxygen atoms in total. The van der Waals surface area contributed by atoms with E-state index in [4.69, 9.17) is 22.2 Å². The maximum atomic E-state index is 13.8. The maximum Gasteiger partial charge on any atom is 0.210 e. The molecule has 0 saturated carbocycles. The quantitative estimate of drug-likeness (QED) is 0.515. The van der Waals surface area contributed by atoms with Crippen LogP contribution in [-0.4, -0.2) is 21.5 Å². The molecule has 0 saturated heterocycles. The van der Waals surface area contributed by atoms with Crippen LogP contribution in [0, 0.1) is 5.82 Å². The molecule has 0 bridgehead atoms. The Morgan fingerprint density at radius 3 is 2.64 bits per heavy atom. The molecule has 1 heterocycles. The van der Waals surface area contributed by atoms with E-state index in [2.05, 4.69) is 10.2 Å². The Hall–Kier alpha value is -2.25. The number of thioether (sulfide) groups is 1. The lowest BCUT2D eigenvalue weighted by molar-refractivity contribution is 0.340. The predicted octanol–water partition coefficient (Wildman–Crippen LogP) is 4.14. The Morgan fingerprint density at radius 1 is 1.20 bits per heavy atom. The minimum atomic E-state index is -0.352. The van der Waals surface area contributed by atoms with Crippen molar-refractivity contribution in [3.05, 3.63) is 58.9 Å². The van der Waals surface area contributed by atoms with E-state index in [1.807, 2.05) is 31.2 Å². The second-order valence-electron chi connectivity index (χ2n) is 5.12. The van der Waals surface area contributed by atoms with E-state index in [9.17, 15) is 4.39 Å². The molecule has 130 valence electrons. The summed E-state index contributed by atoms with van der Waals surface area (Å²) in [5.41, 5.74) is 1.23. The van der Waals surface area contributed by atoms with Gasteiger partial charge in [0.05, 0.1) is 6.61 Å². The smallest absolute Gasteiger partial charge is 0.210 e. The zero-order valence-electron chi connectivity index (χ0n) is 13.4. The van der Waals surface area contributed by atoms with Crippen molar-refractivity contribution in [1.82, 2.24) is 14.9 Å². The van der Waals surface area contributed by atoms with Crippen LogP contribution in [0.5, 0.6) is 5.75 Å². The highest BCUT2D eigenvalue weighted by atomic mass is 35.5. The molecule has 0 atom stereocenters. The standard InChI is InChI=1S/C17H16ClFN4OS/c1-2-24-12-8-6-11(7-9-12)16-21-22-17(23(16)20)25-10-13-14(18)4-3-5-15(13)19/h3-9H,2,10,20H2,1H3. The third kappa shape index (κ3) is 3.88. The van der Waals surface area contributed by atoms with Crippen LogP contribution in [0.4, 0.5) is 4.39 Å². The van der Waals surface area contributed by atoms with Crippen LogP contribution in [0.25, 0.3) is 11.4 Å². The molecule has 8 heteroatoms. The van der Waals surface area contributed by atoms with Gasteiger partial charge in [0.15, 0.2) is 5.82 Å². The SMILES string of the molecule is CCOc1ccc(-c2nnc(SCc3c(F)cccc3Cl)n2N)cc1. The van der Waals surface area contributed by atoms with E-state index in [0.29, 0.717) is 33.9 Å². The summed E-state index contributed by atoms with van der Waals surface area (Å²) in [6, 6.07) is 12.0. The summed E-state index contributed by atoms with van der Waals surface area (Å²) in [6.45, 7) is 2.53. The molecule has 0 aliphatic heterocycles. The van der Waals surface area contributed by atoms with Gasteiger partial charge in [0.2, 0.25) is 5.16 Å². The van der Waals surface area contributed by atoms with Crippen LogP contribution >= 0.6 is 23.4 Å². The van der Waals surface area contributed by atoms with Crippen LogP contribution in [0.15, 0.2) is 47.6 Å². The second-order valence-corrected chi connectivity index (χ2v) is 6.47. The third-order valence-electron chi connectivity index (χ3n) is 3.50. The fraction of sp³-hybridized carbons (Fsp3) is 0.176. The maximum absolute atomic E-state index is 13.8. The number of ether oxygens (including phenoxy) is 1. The van der Waals surface area contributed by atoms with Crippen molar-refractivity contribution < 1.29 is 9.13 Å². The van der Waals surface area contributed by atoms with Gasteiger partial charge in [0.1, 0.15) is 11.6 Å². The summed E-state index contributed by atoms with van der Waals surface area (Å²) in [7, 11) is 0. The second kappa shape index (κ2) is 7.76. The molecular weight excluding hydrogens is 363 g/mol. The number of hydrogen-bond acceptors (Lipinski definition) is 5. The lowest BCUT2D eigenvalue weighted by Crippen LogP contribution is -2.11. The van der Waals surface area contributed by atoms with E-state index in [-0.39, 0.29) is 5.82 Å². The zero-order chi connectivity index (χ0) is 17.8. The van der Waals surface area contributed by atoms with Gasteiger partial charge in [-0.15, -0.1) is 10.2 Å². The molecule has 0 spiro atoms. The molecule has 25 heavy (non-hydrogen) atoms. The third-order valence-corrected chi connectivity index (χ3v) is 4.82. The molecule has 0 unspecified atom stereocenters. The average Bonchev–Trinajstić information content (AvgIpc) is 2.96. The zero-order valence-corrected chi connectivity index (χ0v) is 15.0. The Balaban J connectivity index is 1.77. The molecule has 0 fully saturated rings. The van der Waals surface area contributed by atoms with Crippen molar-refractivity contribution in [3.63, 3.8) is 0 Å². The lowest BCUT2D eigenvalue weighted by atomic mass is 10.2. The number of nitrogen functional groups attached to an aromatic ring is 1. The fourth-order valence-corrected chi connectivity index (χ4v) is 3.45. The van der Waals surface area contributed by atoms with E-state index < -0.39 is 0 Å². The summed E-state index contributed by atoms with van der Waals surface area (Å²) >= 11 is 7.31. The van der Waals surface area contributed by atoms with Crippen molar-refractivity contribution in [2.45, 2.75) is 17.8 Å². The topological polar surface area (TPSA) is 66.0 Å². The minimum Gasteiger partial charge on any atom is -0.494 e. The van der Waals surface area contributed by atoms with Gasteiger partial charge in [-0.25, -0.2) is 9.07 Å². The lowest BCUT2D eigenvalue weighted by Gasteiger charge is -2.07. The van der Waals surface area contributed by atoms with Gasteiger partial charge in [0.25, 0.3) is 0 Å². The van der Waals surface area contributed by atoms with Gasteiger partial charge < -0.3 is 10.6 Å². The number of aromatic nitrogens is 3. The van der Waals surface area contributed by atoms with Crippen molar-refractivity contribution >= 4 is 23.4 Å². The van der Waals surface area contributed by atoms with Crippen LogP contribution < -0.4 is 10.6 Å². The molecule has 0 amide bonds. The fourth-order valence-electron chi connectivity index (χ4n) is 2.25. The first kappa shape index (κ1) is 17.6. The van der Waals surface area contributed by atoms with Crippen LogP contribution in [-0.2, 0) is 5.75 Å². The Labute approximate surface area is 153 Å². The molecule has 0 aliphatic rings. The molecule has 3 rings (SSSR count). The molecule has 0 aliphatic carbocycles. The van der Waals surface area contributed by atoms with Crippen molar-refractivity contribution in [1.29, 1.82) is 0 Å². The van der Waals surface area contributed by atoms with Gasteiger partial charge in [-0.3, -0.25) is 0 Å². The van der Waals surface area contributed by atoms with E-state index in [1.54, 1.807) is 12.1 Å². The number of benzene rings is 2. The summed E-state index contributed by atoms with van der Waals surface area (Å²) in [5.74, 6) is 7.34. The van der Waals surface area contributed by atoms with Crippen molar-refractivity contribution in [2.75, 3.05) is 12.4 Å². The number of nitrogens with zero attached hydrogens (tertiary/aromatic N) is 3. The van der Waals surface area contributed by atoms with Gasteiger partial charge in [0, 0.05) is 21.9 Å². The molecular formula is C17H16ClFN4OS. The number of halogens is 2. The highest BCUT2D eigenvalue weighted by Gasteiger charge is 2.14. The van der Waals surface area contributed by atoms with Gasteiger partial charge in [-0.05, 0) is 43.3 Å². The Bertz CT molecular complexity index is 849. The number of nitrogens with two attached hydrogens (primary N) is 1. The van der Waals surface area contributed by atoms with Gasteiger partial charge in [-0.1, -0.05) is 29.4 Å². The first-order valence-corrected chi connectivity index (χ1v) is 8.96. The van der Waals surface area contributed by atoms with E-state index >= 15 is 0 Å². The molecule has 1 aromatic heterocycles. The normalized spacial score (nSPS) is 10.8. The van der Waals surface area contributed by atoms with Crippen molar-refractivity contribution in [2.24, 2.45) is 0 Å². The predicted molar refractivity (Wildman–Crippen MR) is 97.7 cm³/mol. The Kier molecular flexibility index (Phi) is 5.45. The van der Waals surface area contributed by atoms with Gasteiger partial charge in [-0.2, -0.15) is 0 Å². The summed E-state index contributed by atoms with van der Waals surface area (Å²) in [4.78, 5) is 0. The first-order chi connectivity index (χ1) is 12.1. The summed E-state index contributed by atoms with van der Waals surface area (Å²) in [5, 5.41) is 9.05. The summed E-state index contributed by atoms with van der Waals surface area (Å²) in [6.07, 6.45) is 0. The molecule has 2 aromatic carbocycles. The van der Waals surface area contributed by atoms with Crippen molar-refractivity contribution in [3.8, 4) is 17.1 Å². The van der Waals surface area contributed by atoms with Crippen LogP contribution in [0.1, 0.15) is 12.5 Å².